The topological polar surface area (TPSA) is 101 Å². The highest BCUT2D eigenvalue weighted by molar-refractivity contribution is 7.89. The highest BCUT2D eigenvalue weighted by Crippen LogP contribution is 2.15. The van der Waals surface area contributed by atoms with Gasteiger partial charge in [-0.2, -0.15) is 0 Å². The van der Waals surface area contributed by atoms with E-state index in [-0.39, 0.29) is 10.9 Å². The average molecular weight is 308 g/mol. The van der Waals surface area contributed by atoms with Gasteiger partial charge < -0.3 is 10.7 Å². The molecule has 0 radical (unpaired) electrons. The maximum atomic E-state index is 12.2. The number of H-pyrrole nitrogens is 1. The van der Waals surface area contributed by atoms with Gasteiger partial charge >= 0.3 is 0 Å². The highest BCUT2D eigenvalue weighted by Gasteiger charge is 2.14. The second kappa shape index (κ2) is 6.84. The first-order valence-corrected chi connectivity index (χ1v) is 8.31. The van der Waals surface area contributed by atoms with E-state index in [0.717, 1.165) is 11.4 Å². The van der Waals surface area contributed by atoms with Gasteiger partial charge in [-0.3, -0.25) is 0 Å². The standard InChI is InChI=1S/C14H20N4O2S/c1-11(15)12-4-2-5-13(10-12)21(19,20)18-7-3-6-14-16-8-9-17-14/h2,4-5,8-11,18H,3,6-7,15H2,1H3,(H,16,17). The van der Waals surface area contributed by atoms with E-state index in [1.165, 1.54) is 0 Å². The van der Waals surface area contributed by atoms with Crippen LogP contribution in [0.1, 0.15) is 30.8 Å². The van der Waals surface area contributed by atoms with Crippen molar-refractivity contribution in [3.8, 4) is 0 Å². The van der Waals surface area contributed by atoms with Crippen LogP contribution in [0.2, 0.25) is 0 Å². The van der Waals surface area contributed by atoms with Crippen LogP contribution in [0.3, 0.4) is 0 Å². The van der Waals surface area contributed by atoms with Gasteiger partial charge in [-0.05, 0) is 31.0 Å². The predicted octanol–water partition coefficient (Wildman–Crippen LogP) is 1.34. The molecule has 0 aliphatic rings. The lowest BCUT2D eigenvalue weighted by molar-refractivity contribution is 0.578. The van der Waals surface area contributed by atoms with Crippen LogP contribution >= 0.6 is 0 Å². The Hall–Kier alpha value is -1.70. The summed E-state index contributed by atoms with van der Waals surface area (Å²) in [5.74, 6) is 0.855. The maximum absolute atomic E-state index is 12.2. The zero-order valence-electron chi connectivity index (χ0n) is 11.9. The van der Waals surface area contributed by atoms with E-state index in [0.29, 0.717) is 19.4 Å². The van der Waals surface area contributed by atoms with Crippen LogP contribution in [0, 0.1) is 0 Å². The van der Waals surface area contributed by atoms with Crippen molar-refractivity contribution >= 4 is 10.0 Å². The fraction of sp³-hybridized carbons (Fsp3) is 0.357. The summed E-state index contributed by atoms with van der Waals surface area (Å²) in [6, 6.07) is 6.51. The Bertz CT molecular complexity index is 666. The van der Waals surface area contributed by atoms with Crippen molar-refractivity contribution in [1.82, 2.24) is 14.7 Å². The third-order valence-corrected chi connectivity index (χ3v) is 4.59. The summed E-state index contributed by atoms with van der Waals surface area (Å²) in [5, 5.41) is 0. The second-order valence-corrected chi connectivity index (χ2v) is 6.67. The molecule has 1 atom stereocenters. The van der Waals surface area contributed by atoms with Crippen molar-refractivity contribution in [2.75, 3.05) is 6.54 Å². The number of imidazole rings is 1. The lowest BCUT2D eigenvalue weighted by Gasteiger charge is -2.10. The SMILES string of the molecule is CC(N)c1cccc(S(=O)(=O)NCCCc2ncc[nH]2)c1. The minimum atomic E-state index is -3.49. The van der Waals surface area contributed by atoms with E-state index in [1.807, 2.05) is 13.0 Å². The smallest absolute Gasteiger partial charge is 0.240 e. The molecular weight excluding hydrogens is 288 g/mol. The predicted molar refractivity (Wildman–Crippen MR) is 81.1 cm³/mol. The van der Waals surface area contributed by atoms with E-state index in [9.17, 15) is 8.42 Å². The van der Waals surface area contributed by atoms with Crippen molar-refractivity contribution in [2.24, 2.45) is 5.73 Å². The Balaban J connectivity index is 1.93. The monoisotopic (exact) mass is 308 g/mol. The number of nitrogens with two attached hydrogens (primary N) is 1. The number of nitrogens with one attached hydrogen (secondary N) is 2. The molecule has 0 aliphatic heterocycles. The molecule has 114 valence electrons. The molecule has 21 heavy (non-hydrogen) atoms. The molecule has 1 heterocycles. The van der Waals surface area contributed by atoms with Gasteiger partial charge in [0.15, 0.2) is 0 Å². The molecule has 0 saturated heterocycles. The number of aromatic nitrogens is 2. The lowest BCUT2D eigenvalue weighted by Crippen LogP contribution is -2.25. The van der Waals surface area contributed by atoms with Crippen molar-refractivity contribution in [1.29, 1.82) is 0 Å². The molecular formula is C14H20N4O2S. The second-order valence-electron chi connectivity index (χ2n) is 4.90. The van der Waals surface area contributed by atoms with E-state index in [2.05, 4.69) is 14.7 Å². The molecule has 0 saturated carbocycles. The molecule has 1 aromatic carbocycles. The number of aryl methyl sites for hydroxylation is 1. The lowest BCUT2D eigenvalue weighted by atomic mass is 10.1. The van der Waals surface area contributed by atoms with Gasteiger partial charge in [0.05, 0.1) is 4.90 Å². The third-order valence-electron chi connectivity index (χ3n) is 3.13. The van der Waals surface area contributed by atoms with Gasteiger partial charge in [-0.1, -0.05) is 12.1 Å². The quantitative estimate of drug-likeness (QED) is 0.672. The highest BCUT2D eigenvalue weighted by atomic mass is 32.2. The van der Waals surface area contributed by atoms with Crippen LogP contribution in [0.4, 0.5) is 0 Å². The average Bonchev–Trinajstić information content (AvgIpc) is 2.97. The van der Waals surface area contributed by atoms with Crippen LogP contribution in [-0.4, -0.2) is 24.9 Å². The van der Waals surface area contributed by atoms with Gasteiger partial charge in [0.1, 0.15) is 5.82 Å². The van der Waals surface area contributed by atoms with E-state index in [4.69, 9.17) is 5.73 Å². The molecule has 7 heteroatoms. The van der Waals surface area contributed by atoms with E-state index < -0.39 is 10.0 Å². The number of hydrogen-bond donors (Lipinski definition) is 3. The molecule has 0 aliphatic carbocycles. The summed E-state index contributed by atoms with van der Waals surface area (Å²) in [7, 11) is -3.49. The minimum absolute atomic E-state index is 0.195. The normalized spacial score (nSPS) is 13.2. The van der Waals surface area contributed by atoms with E-state index >= 15 is 0 Å². The molecule has 4 N–H and O–H groups in total. The molecule has 1 aromatic heterocycles. The van der Waals surface area contributed by atoms with Crippen molar-refractivity contribution in [3.63, 3.8) is 0 Å². The number of nitrogens with zero attached hydrogens (tertiary/aromatic N) is 1. The van der Waals surface area contributed by atoms with Crippen LogP contribution in [0.15, 0.2) is 41.6 Å². The van der Waals surface area contributed by atoms with Crippen molar-refractivity contribution in [2.45, 2.75) is 30.7 Å². The Morgan fingerprint density at radius 1 is 1.43 bits per heavy atom. The Labute approximate surface area is 124 Å². The number of rotatable bonds is 7. The molecule has 0 spiro atoms. The Morgan fingerprint density at radius 3 is 2.90 bits per heavy atom. The minimum Gasteiger partial charge on any atom is -0.349 e. The number of sulfonamides is 1. The number of hydrogen-bond acceptors (Lipinski definition) is 4. The molecule has 2 aromatic rings. The Kier molecular flexibility index (Phi) is 5.11. The number of benzene rings is 1. The summed E-state index contributed by atoms with van der Waals surface area (Å²) in [6.45, 7) is 2.19. The largest absolute Gasteiger partial charge is 0.349 e. The van der Waals surface area contributed by atoms with Crippen LogP contribution < -0.4 is 10.5 Å². The summed E-state index contributed by atoms with van der Waals surface area (Å²) in [4.78, 5) is 7.32. The molecule has 0 amide bonds. The van der Waals surface area contributed by atoms with Gasteiger partial charge in [0.25, 0.3) is 0 Å². The van der Waals surface area contributed by atoms with Gasteiger partial charge in [0, 0.05) is 31.4 Å². The molecule has 1 unspecified atom stereocenters. The molecule has 2 rings (SSSR count). The first kappa shape index (κ1) is 15.7. The van der Waals surface area contributed by atoms with Crippen LogP contribution in [0.5, 0.6) is 0 Å². The van der Waals surface area contributed by atoms with Gasteiger partial charge in [0.2, 0.25) is 10.0 Å². The first-order valence-electron chi connectivity index (χ1n) is 6.82. The zero-order valence-corrected chi connectivity index (χ0v) is 12.7. The van der Waals surface area contributed by atoms with Crippen LogP contribution in [0.25, 0.3) is 0 Å². The Morgan fingerprint density at radius 2 is 2.24 bits per heavy atom. The van der Waals surface area contributed by atoms with Crippen LogP contribution in [-0.2, 0) is 16.4 Å². The molecule has 6 nitrogen and oxygen atoms in total. The van der Waals surface area contributed by atoms with Crippen molar-refractivity contribution < 1.29 is 8.42 Å². The summed E-state index contributed by atoms with van der Waals surface area (Å²) in [6.07, 6.45) is 4.81. The van der Waals surface area contributed by atoms with Gasteiger partial charge in [-0.25, -0.2) is 18.1 Å². The molecule has 0 bridgehead atoms. The number of aromatic amines is 1. The van der Waals surface area contributed by atoms with Gasteiger partial charge in [-0.15, -0.1) is 0 Å². The molecule has 0 fully saturated rings. The summed E-state index contributed by atoms with van der Waals surface area (Å²) < 4.78 is 27.0. The third kappa shape index (κ3) is 4.38. The first-order chi connectivity index (χ1) is 9.99. The summed E-state index contributed by atoms with van der Waals surface area (Å²) >= 11 is 0. The fourth-order valence-corrected chi connectivity index (χ4v) is 3.07. The fourth-order valence-electron chi connectivity index (χ4n) is 1.95. The zero-order chi connectivity index (χ0) is 15.3. The van der Waals surface area contributed by atoms with E-state index in [1.54, 1.807) is 30.6 Å². The van der Waals surface area contributed by atoms with Crippen molar-refractivity contribution in [3.05, 3.63) is 48.0 Å². The summed E-state index contributed by atoms with van der Waals surface area (Å²) in [5.41, 5.74) is 6.58. The maximum Gasteiger partial charge on any atom is 0.240 e.